The van der Waals surface area contributed by atoms with E-state index in [0.717, 1.165) is 60.2 Å². The number of hydrogen-bond donors (Lipinski definition) is 2. The second-order valence-electron chi connectivity index (χ2n) is 16.2. The number of fused-ring (bicyclic) bond motifs is 2. The number of piperidine rings is 1. The Morgan fingerprint density at radius 3 is 2.43 bits per heavy atom. The van der Waals surface area contributed by atoms with Crippen molar-refractivity contribution in [1.29, 1.82) is 0 Å². The Kier molecular flexibility index (Phi) is 9.77. The average Bonchev–Trinajstić information content (AvgIpc) is 3.89. The third-order valence-corrected chi connectivity index (χ3v) is 15.7. The maximum atomic E-state index is 16.4. The molecule has 13 heteroatoms. The normalized spacial score (nSPS) is 27.9. The standard InChI is InChI=1S/C41H49BrFN5O5Si/c1-27-37(54(2,3)43)35(23-36(50)45-21-7-10-32(45)25-49)53-41(27)33-22-29(42)13-16-34(33)46(39(41)52)24-28-11-14-30(15-12-28)47-26-48(31-8-5-4-6-9-31)40(38(47)51)17-19-44-20-18-40/h4-6,8-9,11-16,22,27,32,35,37,44,49H,7,10,17-21,23-26H2,1-3H3/t27-,32+,35+,37-,41+/m1/s1. The maximum Gasteiger partial charge on any atom is 0.264 e. The molecule has 3 aromatic rings. The summed E-state index contributed by atoms with van der Waals surface area (Å²) in [6.07, 6.45) is 2.17. The SMILES string of the molecule is C[C@@H]1[C@@H]([Si](C)(C)F)[C@H](CC(=O)N2CCC[C@H]2CO)O[C@@]12C(=O)N(Cc1ccc(N3CN(c4ccccc4)C4(CCNCC4)C3=O)cc1)c1ccc(Br)cc12. The molecule has 4 saturated heterocycles. The molecule has 2 spiro atoms. The third-order valence-electron chi connectivity index (χ3n) is 12.7. The topological polar surface area (TPSA) is 106 Å². The zero-order chi connectivity index (χ0) is 38.0. The number of para-hydroxylation sites is 1. The van der Waals surface area contributed by atoms with E-state index in [2.05, 4.69) is 38.3 Å². The second-order valence-corrected chi connectivity index (χ2v) is 20.9. The number of aliphatic hydroxyl groups is 1. The second kappa shape index (κ2) is 14.1. The molecule has 3 aromatic carbocycles. The van der Waals surface area contributed by atoms with Crippen LogP contribution in [0, 0.1) is 5.92 Å². The number of likely N-dealkylation sites (tertiary alicyclic amines) is 1. The first kappa shape index (κ1) is 37.3. The number of aliphatic hydroxyl groups excluding tert-OH is 1. The van der Waals surface area contributed by atoms with Gasteiger partial charge in [0, 0.05) is 39.4 Å². The molecule has 0 bridgehead atoms. The monoisotopic (exact) mass is 817 g/mol. The van der Waals surface area contributed by atoms with Crippen molar-refractivity contribution in [1.82, 2.24) is 10.2 Å². The molecule has 5 atom stereocenters. The van der Waals surface area contributed by atoms with Gasteiger partial charge in [-0.2, -0.15) is 0 Å². The highest BCUT2D eigenvalue weighted by Crippen LogP contribution is 2.60. The van der Waals surface area contributed by atoms with E-state index < -0.39 is 37.1 Å². The van der Waals surface area contributed by atoms with Gasteiger partial charge in [-0.3, -0.25) is 19.3 Å². The number of amides is 3. The Bertz CT molecular complexity index is 1920. The van der Waals surface area contributed by atoms with Crippen molar-refractivity contribution in [3.05, 3.63) is 88.4 Å². The molecule has 5 heterocycles. The van der Waals surface area contributed by atoms with Gasteiger partial charge in [0.2, 0.25) is 14.3 Å². The highest BCUT2D eigenvalue weighted by atomic mass is 79.9. The number of rotatable bonds is 8. The summed E-state index contributed by atoms with van der Waals surface area (Å²) in [7, 11) is -3.47. The van der Waals surface area contributed by atoms with Crippen molar-refractivity contribution in [2.45, 2.75) is 87.5 Å². The van der Waals surface area contributed by atoms with Crippen LogP contribution in [0.25, 0.3) is 0 Å². The number of ether oxygens (including phenoxy) is 1. The highest BCUT2D eigenvalue weighted by molar-refractivity contribution is 9.10. The van der Waals surface area contributed by atoms with Gasteiger partial charge in [0.1, 0.15) is 5.54 Å². The molecule has 54 heavy (non-hydrogen) atoms. The summed E-state index contributed by atoms with van der Waals surface area (Å²) in [6.45, 7) is 7.87. The lowest BCUT2D eigenvalue weighted by Gasteiger charge is -2.39. The van der Waals surface area contributed by atoms with Crippen LogP contribution in [-0.2, 0) is 31.3 Å². The molecule has 5 aliphatic rings. The van der Waals surface area contributed by atoms with E-state index in [1.807, 2.05) is 72.5 Å². The molecule has 0 unspecified atom stereocenters. The Morgan fingerprint density at radius 2 is 1.74 bits per heavy atom. The number of halogens is 2. The molecule has 8 rings (SSSR count). The first-order chi connectivity index (χ1) is 25.9. The molecular formula is C41H49BrFN5O5Si. The van der Waals surface area contributed by atoms with Gasteiger partial charge in [0.05, 0.1) is 44.1 Å². The van der Waals surface area contributed by atoms with E-state index in [9.17, 15) is 19.5 Å². The number of carbonyl (C=O) groups excluding carboxylic acids is 3. The van der Waals surface area contributed by atoms with Crippen molar-refractivity contribution in [3.8, 4) is 0 Å². The summed E-state index contributed by atoms with van der Waals surface area (Å²) < 4.78 is 24.0. The minimum Gasteiger partial charge on any atom is -0.394 e. The van der Waals surface area contributed by atoms with Crippen LogP contribution in [0.1, 0.15) is 50.2 Å². The van der Waals surface area contributed by atoms with Crippen LogP contribution in [0.4, 0.5) is 21.2 Å². The first-order valence-electron chi connectivity index (χ1n) is 19.2. The molecule has 3 amide bonds. The number of carbonyl (C=O) groups is 3. The molecule has 2 N–H and O–H groups in total. The minimum absolute atomic E-state index is 0.0413. The van der Waals surface area contributed by atoms with Gasteiger partial charge in [-0.15, -0.1) is 0 Å². The Labute approximate surface area is 325 Å². The summed E-state index contributed by atoms with van der Waals surface area (Å²) in [5.41, 5.74) is 1.40. The summed E-state index contributed by atoms with van der Waals surface area (Å²) >= 11 is 3.61. The van der Waals surface area contributed by atoms with E-state index in [4.69, 9.17) is 4.74 Å². The Hall–Kier alpha value is -3.62. The van der Waals surface area contributed by atoms with Gasteiger partial charge in [-0.05, 0) is 99.9 Å². The summed E-state index contributed by atoms with van der Waals surface area (Å²) in [6, 6.07) is 23.4. The molecular weight excluding hydrogens is 769 g/mol. The molecule has 0 aliphatic carbocycles. The summed E-state index contributed by atoms with van der Waals surface area (Å²) in [4.78, 5) is 50.3. The average molecular weight is 819 g/mol. The Morgan fingerprint density at radius 1 is 1.02 bits per heavy atom. The predicted octanol–water partition coefficient (Wildman–Crippen LogP) is 6.08. The largest absolute Gasteiger partial charge is 0.394 e. The number of anilines is 3. The van der Waals surface area contributed by atoms with E-state index in [1.165, 1.54) is 0 Å². The third kappa shape index (κ3) is 6.01. The molecule has 286 valence electrons. The van der Waals surface area contributed by atoms with E-state index in [0.29, 0.717) is 24.5 Å². The van der Waals surface area contributed by atoms with Crippen molar-refractivity contribution in [2.24, 2.45) is 5.92 Å². The van der Waals surface area contributed by atoms with E-state index in [1.54, 1.807) is 22.9 Å². The van der Waals surface area contributed by atoms with Crippen molar-refractivity contribution in [2.75, 3.05) is 47.6 Å². The van der Waals surface area contributed by atoms with E-state index >= 15 is 4.11 Å². The van der Waals surface area contributed by atoms with Crippen LogP contribution < -0.4 is 20.0 Å². The molecule has 5 aliphatic heterocycles. The minimum atomic E-state index is -3.47. The first-order valence-corrected chi connectivity index (χ1v) is 23.0. The molecule has 10 nitrogen and oxygen atoms in total. The van der Waals surface area contributed by atoms with Crippen molar-refractivity contribution < 1.29 is 28.3 Å². The van der Waals surface area contributed by atoms with Gasteiger partial charge < -0.3 is 34.0 Å². The lowest BCUT2D eigenvalue weighted by molar-refractivity contribution is -0.150. The van der Waals surface area contributed by atoms with Gasteiger partial charge in [0.15, 0.2) is 5.60 Å². The molecule has 0 aromatic heterocycles. The lowest BCUT2D eigenvalue weighted by Crippen LogP contribution is -2.55. The summed E-state index contributed by atoms with van der Waals surface area (Å²) in [5, 5.41) is 13.3. The van der Waals surface area contributed by atoms with Crippen LogP contribution >= 0.6 is 15.9 Å². The van der Waals surface area contributed by atoms with Crippen LogP contribution in [0.15, 0.2) is 77.3 Å². The fourth-order valence-corrected chi connectivity index (χ4v) is 13.0. The molecule has 0 radical (unpaired) electrons. The number of benzene rings is 3. The molecule has 4 fully saturated rings. The summed E-state index contributed by atoms with van der Waals surface area (Å²) in [5.74, 6) is -0.864. The van der Waals surface area contributed by atoms with Crippen molar-refractivity contribution >= 4 is 59.1 Å². The van der Waals surface area contributed by atoms with Gasteiger partial charge in [0.25, 0.3) is 11.8 Å². The fraction of sp³-hybridized carbons (Fsp3) is 0.488. The van der Waals surface area contributed by atoms with Crippen LogP contribution in [0.3, 0.4) is 0 Å². The predicted molar refractivity (Wildman–Crippen MR) is 212 cm³/mol. The number of hydrogen-bond acceptors (Lipinski definition) is 7. The molecule has 0 saturated carbocycles. The Balaban J connectivity index is 1.07. The van der Waals surface area contributed by atoms with Gasteiger partial charge >= 0.3 is 0 Å². The fourth-order valence-electron chi connectivity index (χ4n) is 10.2. The van der Waals surface area contributed by atoms with E-state index in [-0.39, 0.29) is 43.3 Å². The van der Waals surface area contributed by atoms with Crippen LogP contribution in [0.2, 0.25) is 18.6 Å². The zero-order valence-corrected chi connectivity index (χ0v) is 33.7. The van der Waals surface area contributed by atoms with Crippen molar-refractivity contribution in [3.63, 3.8) is 0 Å². The smallest absolute Gasteiger partial charge is 0.264 e. The van der Waals surface area contributed by atoms with Crippen LogP contribution in [-0.4, -0.2) is 86.7 Å². The van der Waals surface area contributed by atoms with Crippen LogP contribution in [0.5, 0.6) is 0 Å². The zero-order valence-electron chi connectivity index (χ0n) is 31.1. The highest BCUT2D eigenvalue weighted by Gasteiger charge is 2.67. The number of nitrogens with one attached hydrogen (secondary N) is 1. The lowest BCUT2D eigenvalue weighted by atomic mass is 9.82. The quantitative estimate of drug-likeness (QED) is 0.210. The number of nitrogens with zero attached hydrogens (tertiary/aromatic N) is 4. The maximum absolute atomic E-state index is 16.4. The van der Waals surface area contributed by atoms with Gasteiger partial charge in [-0.25, -0.2) is 0 Å². The van der Waals surface area contributed by atoms with Gasteiger partial charge in [-0.1, -0.05) is 53.2 Å².